The van der Waals surface area contributed by atoms with Gasteiger partial charge in [-0.1, -0.05) is 10.3 Å². The van der Waals surface area contributed by atoms with Gasteiger partial charge in [0.05, 0.1) is 17.5 Å². The SMILES string of the molecule is Cc1nonc1CN(C)Cc1nc(-c2ccoc2)oc1C. The van der Waals surface area contributed by atoms with Gasteiger partial charge in [0, 0.05) is 13.1 Å². The number of nitrogens with zero attached hydrogens (tertiary/aromatic N) is 4. The van der Waals surface area contributed by atoms with Crippen LogP contribution in [0.25, 0.3) is 11.5 Å². The lowest BCUT2D eigenvalue weighted by molar-refractivity contribution is 0.277. The smallest absolute Gasteiger partial charge is 0.229 e. The number of oxazole rings is 1. The van der Waals surface area contributed by atoms with E-state index in [2.05, 4.69) is 20.2 Å². The van der Waals surface area contributed by atoms with Crippen molar-refractivity contribution in [2.24, 2.45) is 0 Å². The molecular weight excluding hydrogens is 272 g/mol. The standard InChI is InChI=1S/C14H16N4O3/c1-9-12(17-21-16-9)6-18(3)7-13-10(2)20-14(15-13)11-4-5-19-8-11/h4-5,8H,6-7H2,1-3H3. The highest BCUT2D eigenvalue weighted by molar-refractivity contribution is 5.51. The number of furan rings is 1. The molecule has 110 valence electrons. The Labute approximate surface area is 121 Å². The summed E-state index contributed by atoms with van der Waals surface area (Å²) in [6.45, 7) is 5.07. The monoisotopic (exact) mass is 288 g/mol. The molecule has 0 atom stereocenters. The molecule has 0 spiro atoms. The molecule has 21 heavy (non-hydrogen) atoms. The molecule has 0 saturated heterocycles. The highest BCUT2D eigenvalue weighted by Gasteiger charge is 2.15. The molecule has 0 unspecified atom stereocenters. The predicted octanol–water partition coefficient (Wildman–Crippen LogP) is 2.57. The molecule has 0 aliphatic carbocycles. The Balaban J connectivity index is 1.71. The van der Waals surface area contributed by atoms with Crippen LogP contribution < -0.4 is 0 Å². The summed E-state index contributed by atoms with van der Waals surface area (Å²) in [6.07, 6.45) is 3.21. The zero-order chi connectivity index (χ0) is 14.8. The van der Waals surface area contributed by atoms with Crippen LogP contribution in [0.4, 0.5) is 0 Å². The first-order valence-electron chi connectivity index (χ1n) is 6.59. The lowest BCUT2D eigenvalue weighted by Crippen LogP contribution is -2.18. The van der Waals surface area contributed by atoms with Crippen LogP contribution in [0.2, 0.25) is 0 Å². The second-order valence-corrected chi connectivity index (χ2v) is 5.00. The lowest BCUT2D eigenvalue weighted by atomic mass is 10.3. The normalized spacial score (nSPS) is 11.4. The van der Waals surface area contributed by atoms with Gasteiger partial charge < -0.3 is 8.83 Å². The van der Waals surface area contributed by atoms with Crippen LogP contribution in [0, 0.1) is 13.8 Å². The van der Waals surface area contributed by atoms with Gasteiger partial charge in [-0.05, 0) is 27.0 Å². The molecule has 0 saturated carbocycles. The minimum atomic E-state index is 0.573. The summed E-state index contributed by atoms with van der Waals surface area (Å²) in [5.74, 6) is 1.37. The fraction of sp³-hybridized carbons (Fsp3) is 0.357. The number of hydrogen-bond donors (Lipinski definition) is 0. The second-order valence-electron chi connectivity index (χ2n) is 5.00. The van der Waals surface area contributed by atoms with Gasteiger partial charge in [-0.3, -0.25) is 4.90 Å². The number of aryl methyl sites for hydroxylation is 2. The summed E-state index contributed by atoms with van der Waals surface area (Å²) in [7, 11) is 1.99. The van der Waals surface area contributed by atoms with Gasteiger partial charge in [0.2, 0.25) is 5.89 Å². The average molecular weight is 288 g/mol. The first kappa shape index (κ1) is 13.6. The summed E-state index contributed by atoms with van der Waals surface area (Å²) >= 11 is 0. The molecular formula is C14H16N4O3. The Morgan fingerprint density at radius 2 is 1.95 bits per heavy atom. The highest BCUT2D eigenvalue weighted by atomic mass is 16.6. The Morgan fingerprint density at radius 1 is 1.14 bits per heavy atom. The quantitative estimate of drug-likeness (QED) is 0.713. The molecule has 7 heteroatoms. The third-order valence-corrected chi connectivity index (χ3v) is 3.25. The molecule has 3 aromatic heterocycles. The van der Waals surface area contributed by atoms with Gasteiger partial charge in [-0.25, -0.2) is 9.61 Å². The molecule has 0 radical (unpaired) electrons. The lowest BCUT2D eigenvalue weighted by Gasteiger charge is -2.13. The van der Waals surface area contributed by atoms with E-state index in [1.54, 1.807) is 12.5 Å². The van der Waals surface area contributed by atoms with Crippen molar-refractivity contribution in [3.8, 4) is 11.5 Å². The van der Waals surface area contributed by atoms with Gasteiger partial charge in [0.25, 0.3) is 0 Å². The van der Waals surface area contributed by atoms with Crippen LogP contribution in [0.1, 0.15) is 22.8 Å². The van der Waals surface area contributed by atoms with Crippen molar-refractivity contribution in [3.05, 3.63) is 41.4 Å². The van der Waals surface area contributed by atoms with Crippen molar-refractivity contribution in [2.75, 3.05) is 7.05 Å². The van der Waals surface area contributed by atoms with E-state index in [1.165, 1.54) is 0 Å². The Bertz CT molecular complexity index is 714. The largest absolute Gasteiger partial charge is 0.472 e. The topological polar surface area (TPSA) is 81.3 Å². The summed E-state index contributed by atoms with van der Waals surface area (Å²) < 4.78 is 15.4. The molecule has 0 aliphatic rings. The highest BCUT2D eigenvalue weighted by Crippen LogP contribution is 2.22. The number of hydrogen-bond acceptors (Lipinski definition) is 7. The Morgan fingerprint density at radius 3 is 2.62 bits per heavy atom. The maximum atomic E-state index is 5.67. The van der Waals surface area contributed by atoms with Crippen molar-refractivity contribution in [1.29, 1.82) is 0 Å². The van der Waals surface area contributed by atoms with Gasteiger partial charge in [0.1, 0.15) is 23.4 Å². The van der Waals surface area contributed by atoms with Crippen molar-refractivity contribution in [1.82, 2.24) is 20.2 Å². The van der Waals surface area contributed by atoms with Gasteiger partial charge >= 0.3 is 0 Å². The fourth-order valence-electron chi connectivity index (χ4n) is 2.04. The summed E-state index contributed by atoms with van der Waals surface area (Å²) in [6, 6.07) is 1.82. The zero-order valence-corrected chi connectivity index (χ0v) is 12.2. The molecule has 0 fully saturated rings. The van der Waals surface area contributed by atoms with E-state index in [4.69, 9.17) is 13.5 Å². The molecule has 0 aromatic carbocycles. The van der Waals surface area contributed by atoms with Gasteiger partial charge in [-0.2, -0.15) is 0 Å². The maximum absolute atomic E-state index is 5.67. The molecule has 0 bridgehead atoms. The third-order valence-electron chi connectivity index (χ3n) is 3.25. The minimum Gasteiger partial charge on any atom is -0.472 e. The maximum Gasteiger partial charge on any atom is 0.229 e. The Kier molecular flexibility index (Phi) is 3.57. The van der Waals surface area contributed by atoms with Crippen molar-refractivity contribution >= 4 is 0 Å². The summed E-state index contributed by atoms with van der Waals surface area (Å²) in [5, 5.41) is 7.66. The zero-order valence-electron chi connectivity index (χ0n) is 12.2. The Hall–Kier alpha value is -2.41. The van der Waals surface area contributed by atoms with Gasteiger partial charge in [0.15, 0.2) is 0 Å². The fourth-order valence-corrected chi connectivity index (χ4v) is 2.04. The molecule has 3 aromatic rings. The van der Waals surface area contributed by atoms with E-state index in [0.717, 1.165) is 28.4 Å². The van der Waals surface area contributed by atoms with E-state index in [-0.39, 0.29) is 0 Å². The first-order valence-corrected chi connectivity index (χ1v) is 6.59. The van der Waals surface area contributed by atoms with Crippen molar-refractivity contribution in [2.45, 2.75) is 26.9 Å². The minimum absolute atomic E-state index is 0.573. The molecule has 7 nitrogen and oxygen atoms in total. The van der Waals surface area contributed by atoms with Crippen LogP contribution in [-0.2, 0) is 13.1 Å². The van der Waals surface area contributed by atoms with E-state index >= 15 is 0 Å². The second kappa shape index (κ2) is 5.53. The van der Waals surface area contributed by atoms with Gasteiger partial charge in [-0.15, -0.1) is 0 Å². The number of rotatable bonds is 5. The van der Waals surface area contributed by atoms with Crippen molar-refractivity contribution in [3.63, 3.8) is 0 Å². The van der Waals surface area contributed by atoms with Crippen molar-refractivity contribution < 1.29 is 13.5 Å². The summed E-state index contributed by atoms with van der Waals surface area (Å²) in [5.41, 5.74) is 3.36. The molecule has 0 aliphatic heterocycles. The van der Waals surface area contributed by atoms with E-state index in [9.17, 15) is 0 Å². The van der Waals surface area contributed by atoms with Crippen LogP contribution in [-0.4, -0.2) is 27.2 Å². The molecule has 3 rings (SSSR count). The summed E-state index contributed by atoms with van der Waals surface area (Å²) in [4.78, 5) is 6.60. The van der Waals surface area contributed by atoms with E-state index in [1.807, 2.05) is 27.0 Å². The average Bonchev–Trinajstić information content (AvgIpc) is 3.14. The molecule has 0 amide bonds. The van der Waals surface area contributed by atoms with Crippen LogP contribution >= 0.6 is 0 Å². The van der Waals surface area contributed by atoms with Crippen LogP contribution in [0.5, 0.6) is 0 Å². The van der Waals surface area contributed by atoms with E-state index in [0.29, 0.717) is 19.0 Å². The third kappa shape index (κ3) is 2.87. The molecule has 0 N–H and O–H groups in total. The first-order chi connectivity index (χ1) is 10.1. The number of aromatic nitrogens is 3. The van der Waals surface area contributed by atoms with E-state index < -0.39 is 0 Å². The van der Waals surface area contributed by atoms with Crippen LogP contribution in [0.15, 0.2) is 32.1 Å². The molecule has 3 heterocycles. The predicted molar refractivity (Wildman–Crippen MR) is 73.1 cm³/mol. The van der Waals surface area contributed by atoms with Crippen LogP contribution in [0.3, 0.4) is 0 Å².